The number of hydrogen-bond acceptors (Lipinski definition) is 7. The highest BCUT2D eigenvalue weighted by Gasteiger charge is 2.24. The lowest BCUT2D eigenvalue weighted by molar-refractivity contribution is -0.115. The SMILES string of the molecule is CC(=O)N=C(c1cccc(NC(=O)Nc2ccc(S(=O)(=O)NCc3ccc(S(N)(=O)=O)cc3)cc2)c1)N1CCN(C(=O)O)CC1. The third-order valence-electron chi connectivity index (χ3n) is 6.63. The molecular weight excluding hydrogens is 626 g/mol. The molecule has 0 aliphatic carbocycles. The fourth-order valence-electron chi connectivity index (χ4n) is 4.38. The number of amides is 4. The van der Waals surface area contributed by atoms with E-state index in [-0.39, 0.29) is 29.4 Å². The second kappa shape index (κ2) is 13.9. The van der Waals surface area contributed by atoms with E-state index in [1.165, 1.54) is 60.4 Å². The van der Waals surface area contributed by atoms with Crippen molar-refractivity contribution in [3.63, 3.8) is 0 Å². The topological polar surface area (TPSA) is 221 Å². The van der Waals surface area contributed by atoms with Crippen LogP contribution in [0.4, 0.5) is 21.0 Å². The number of carbonyl (C=O) groups is 3. The van der Waals surface area contributed by atoms with Crippen molar-refractivity contribution >= 4 is 55.3 Å². The lowest BCUT2D eigenvalue weighted by Gasteiger charge is -2.35. The Morgan fingerprint density at radius 2 is 1.40 bits per heavy atom. The lowest BCUT2D eigenvalue weighted by Crippen LogP contribution is -2.50. The number of carbonyl (C=O) groups excluding carboxylic acids is 2. The first-order chi connectivity index (χ1) is 21.2. The Morgan fingerprint density at radius 3 is 1.98 bits per heavy atom. The van der Waals surface area contributed by atoms with Gasteiger partial charge < -0.3 is 25.5 Å². The zero-order valence-corrected chi connectivity index (χ0v) is 25.6. The lowest BCUT2D eigenvalue weighted by atomic mass is 10.1. The molecule has 1 fully saturated rings. The van der Waals surface area contributed by atoms with Crippen molar-refractivity contribution in [1.82, 2.24) is 14.5 Å². The van der Waals surface area contributed by atoms with Crippen LogP contribution < -0.4 is 20.5 Å². The fraction of sp³-hybridized carbons (Fsp3) is 0.214. The molecule has 0 aromatic heterocycles. The molecule has 0 atom stereocenters. The summed E-state index contributed by atoms with van der Waals surface area (Å²) in [6.45, 7) is 2.40. The number of nitrogens with one attached hydrogen (secondary N) is 3. The molecule has 6 N–H and O–H groups in total. The normalized spacial score (nSPS) is 14.1. The molecule has 0 spiro atoms. The van der Waals surface area contributed by atoms with Crippen LogP contribution in [0.3, 0.4) is 0 Å². The molecule has 1 saturated heterocycles. The number of primary sulfonamides is 1. The Kier molecular flexibility index (Phi) is 10.2. The van der Waals surface area contributed by atoms with Crippen molar-refractivity contribution in [2.75, 3.05) is 36.8 Å². The second-order valence-corrected chi connectivity index (χ2v) is 13.2. The van der Waals surface area contributed by atoms with Crippen molar-refractivity contribution in [2.45, 2.75) is 23.3 Å². The summed E-state index contributed by atoms with van der Waals surface area (Å²) in [7, 11) is -7.78. The maximum atomic E-state index is 12.7. The van der Waals surface area contributed by atoms with Crippen molar-refractivity contribution in [3.05, 3.63) is 83.9 Å². The molecule has 0 saturated carbocycles. The summed E-state index contributed by atoms with van der Waals surface area (Å²) in [4.78, 5) is 42.9. The third kappa shape index (κ3) is 9.08. The highest BCUT2D eigenvalue weighted by molar-refractivity contribution is 7.89. The minimum absolute atomic E-state index is 0.0520. The molecule has 1 aliphatic rings. The van der Waals surface area contributed by atoms with Gasteiger partial charge in [-0.05, 0) is 54.1 Å². The molecular formula is C28H31N7O8S2. The van der Waals surface area contributed by atoms with Crippen LogP contribution in [0.1, 0.15) is 18.1 Å². The fourth-order valence-corrected chi connectivity index (χ4v) is 5.92. The summed E-state index contributed by atoms with van der Waals surface area (Å²) in [6, 6.07) is 17.0. The van der Waals surface area contributed by atoms with Gasteiger partial charge in [0, 0.05) is 56.6 Å². The average molecular weight is 658 g/mol. The van der Waals surface area contributed by atoms with Crippen molar-refractivity contribution in [3.8, 4) is 0 Å². The zero-order chi connectivity index (χ0) is 32.8. The summed E-state index contributed by atoms with van der Waals surface area (Å²) >= 11 is 0. The molecule has 0 bridgehead atoms. The molecule has 4 rings (SSSR count). The number of piperazine rings is 1. The predicted octanol–water partition coefficient (Wildman–Crippen LogP) is 2.05. The largest absolute Gasteiger partial charge is 0.465 e. The quantitative estimate of drug-likeness (QED) is 0.176. The van der Waals surface area contributed by atoms with Gasteiger partial charge in [0.1, 0.15) is 5.84 Å². The first kappa shape index (κ1) is 33.1. The number of carboxylic acid groups (broad SMARTS) is 1. The standard InChI is InChI=1S/C28H31N7O8S2/c1-19(36)31-26(34-13-15-35(16-14-34)28(38)39)21-3-2-4-23(17-21)33-27(37)32-22-7-11-25(12-8-22)45(42,43)30-18-20-5-9-24(10-6-20)44(29,40)41/h2-12,17,30H,13-16,18H2,1H3,(H,38,39)(H2,29,40,41)(H2,32,33,37). The van der Waals surface area contributed by atoms with Crippen LogP contribution in [0.15, 0.2) is 87.6 Å². The molecule has 0 unspecified atom stereocenters. The Balaban J connectivity index is 1.37. The van der Waals surface area contributed by atoms with E-state index < -0.39 is 38.1 Å². The van der Waals surface area contributed by atoms with Crippen LogP contribution in [-0.2, 0) is 31.4 Å². The van der Waals surface area contributed by atoms with Gasteiger partial charge in [0.25, 0.3) is 0 Å². The number of benzene rings is 3. The molecule has 0 radical (unpaired) electrons. The molecule has 4 amide bonds. The van der Waals surface area contributed by atoms with Crippen molar-refractivity contribution in [1.29, 1.82) is 0 Å². The Hall–Kier alpha value is -4.84. The van der Waals surface area contributed by atoms with Crippen LogP contribution in [0, 0.1) is 0 Å². The highest BCUT2D eigenvalue weighted by Crippen LogP contribution is 2.18. The summed E-state index contributed by atoms with van der Waals surface area (Å²) in [6.07, 6.45) is -1.02. The number of hydrogen-bond donors (Lipinski definition) is 5. The minimum atomic E-state index is -3.92. The van der Waals surface area contributed by atoms with Gasteiger partial charge in [-0.2, -0.15) is 4.99 Å². The molecule has 1 heterocycles. The first-order valence-corrected chi connectivity index (χ1v) is 16.5. The first-order valence-electron chi connectivity index (χ1n) is 13.4. The number of rotatable bonds is 8. The summed E-state index contributed by atoms with van der Waals surface area (Å²) < 4.78 is 50.7. The molecule has 17 heteroatoms. The van der Waals surface area contributed by atoms with E-state index in [1.54, 1.807) is 24.3 Å². The highest BCUT2D eigenvalue weighted by atomic mass is 32.2. The van der Waals surface area contributed by atoms with Crippen LogP contribution in [0.5, 0.6) is 0 Å². The number of urea groups is 1. The van der Waals surface area contributed by atoms with Crippen LogP contribution in [0.2, 0.25) is 0 Å². The van der Waals surface area contributed by atoms with Crippen LogP contribution >= 0.6 is 0 Å². The van der Waals surface area contributed by atoms with Gasteiger partial charge in [0.05, 0.1) is 9.79 Å². The van der Waals surface area contributed by atoms with E-state index in [4.69, 9.17) is 5.14 Å². The number of sulfonamides is 2. The predicted molar refractivity (Wildman–Crippen MR) is 166 cm³/mol. The number of anilines is 2. The van der Waals surface area contributed by atoms with E-state index in [0.29, 0.717) is 41.4 Å². The molecule has 3 aromatic carbocycles. The zero-order valence-electron chi connectivity index (χ0n) is 24.0. The number of nitrogens with two attached hydrogens (primary N) is 1. The van der Waals surface area contributed by atoms with E-state index in [2.05, 4.69) is 20.3 Å². The number of aliphatic imine (C=N–C) groups is 1. The van der Waals surface area contributed by atoms with Gasteiger partial charge in [-0.15, -0.1) is 0 Å². The Bertz CT molecular complexity index is 1820. The number of nitrogens with zero attached hydrogens (tertiary/aromatic N) is 3. The van der Waals surface area contributed by atoms with Crippen LogP contribution in [-0.4, -0.2) is 81.8 Å². The summed E-state index contributed by atoms with van der Waals surface area (Å²) in [5.41, 5.74) is 1.78. The van der Waals surface area contributed by atoms with Crippen molar-refractivity contribution in [2.24, 2.45) is 10.1 Å². The smallest absolute Gasteiger partial charge is 0.407 e. The maximum absolute atomic E-state index is 12.7. The maximum Gasteiger partial charge on any atom is 0.407 e. The minimum Gasteiger partial charge on any atom is -0.465 e. The Morgan fingerprint density at radius 1 is 0.822 bits per heavy atom. The molecule has 45 heavy (non-hydrogen) atoms. The third-order valence-corrected chi connectivity index (χ3v) is 8.98. The second-order valence-electron chi connectivity index (χ2n) is 9.91. The van der Waals surface area contributed by atoms with Gasteiger partial charge in [-0.1, -0.05) is 24.3 Å². The molecule has 15 nitrogen and oxygen atoms in total. The summed E-state index contributed by atoms with van der Waals surface area (Å²) in [5.74, 6) is -0.0660. The molecule has 1 aliphatic heterocycles. The van der Waals surface area contributed by atoms with E-state index >= 15 is 0 Å². The molecule has 3 aromatic rings. The van der Waals surface area contributed by atoms with Gasteiger partial charge >= 0.3 is 12.1 Å². The monoisotopic (exact) mass is 657 g/mol. The van der Waals surface area contributed by atoms with Gasteiger partial charge in [0.2, 0.25) is 26.0 Å². The van der Waals surface area contributed by atoms with Gasteiger partial charge in [-0.3, -0.25) is 4.79 Å². The molecule has 238 valence electrons. The van der Waals surface area contributed by atoms with Gasteiger partial charge in [-0.25, -0.2) is 36.3 Å². The van der Waals surface area contributed by atoms with Gasteiger partial charge in [0.15, 0.2) is 0 Å². The van der Waals surface area contributed by atoms with E-state index in [9.17, 15) is 36.3 Å². The Labute approximate surface area is 259 Å². The van der Waals surface area contributed by atoms with E-state index in [0.717, 1.165) is 0 Å². The van der Waals surface area contributed by atoms with E-state index in [1.807, 2.05) is 4.90 Å². The van der Waals surface area contributed by atoms with Crippen molar-refractivity contribution < 1.29 is 36.3 Å². The number of amidine groups is 1. The average Bonchev–Trinajstić information content (AvgIpc) is 2.99. The summed E-state index contributed by atoms with van der Waals surface area (Å²) in [5, 5.41) is 19.6. The van der Waals surface area contributed by atoms with Crippen LogP contribution in [0.25, 0.3) is 0 Å².